The molecule has 1 rings (SSSR count). The van der Waals surface area contributed by atoms with E-state index < -0.39 is 4.92 Å². The van der Waals surface area contributed by atoms with Crippen molar-refractivity contribution in [1.29, 1.82) is 0 Å². The number of rotatable bonds is 6. The molecular weight excluding hydrogens is 264 g/mol. The number of nitrogens with zero attached hydrogens (tertiary/aromatic N) is 4. The Bertz CT molecular complexity index is 505. The van der Waals surface area contributed by atoms with Crippen molar-refractivity contribution in [2.75, 3.05) is 37.5 Å². The average Bonchev–Trinajstić information content (AvgIpc) is 2.43. The lowest BCUT2D eigenvalue weighted by molar-refractivity contribution is -0.384. The fourth-order valence-electron chi connectivity index (χ4n) is 1.50. The summed E-state index contributed by atoms with van der Waals surface area (Å²) in [5.41, 5.74) is 2.14. The minimum Gasteiger partial charge on any atom is -0.347 e. The number of amides is 1. The van der Waals surface area contributed by atoms with Crippen LogP contribution in [0.15, 0.2) is 12.1 Å². The van der Waals surface area contributed by atoms with Crippen LogP contribution in [0.4, 0.5) is 17.3 Å². The Morgan fingerprint density at radius 2 is 2.15 bits per heavy atom. The molecular formula is C11H18N6O3. The summed E-state index contributed by atoms with van der Waals surface area (Å²) < 4.78 is 0. The molecule has 0 saturated heterocycles. The van der Waals surface area contributed by atoms with Gasteiger partial charge < -0.3 is 15.2 Å². The van der Waals surface area contributed by atoms with Crippen molar-refractivity contribution in [3.8, 4) is 0 Å². The van der Waals surface area contributed by atoms with Gasteiger partial charge >= 0.3 is 0 Å². The number of anilines is 2. The van der Waals surface area contributed by atoms with Gasteiger partial charge in [-0.2, -0.15) is 0 Å². The zero-order chi connectivity index (χ0) is 15.3. The van der Waals surface area contributed by atoms with E-state index in [0.717, 1.165) is 0 Å². The molecule has 20 heavy (non-hydrogen) atoms. The van der Waals surface area contributed by atoms with Gasteiger partial charge in [0.25, 0.3) is 5.69 Å². The summed E-state index contributed by atoms with van der Waals surface area (Å²) in [5, 5.41) is 10.9. The molecule has 0 aromatic carbocycles. The van der Waals surface area contributed by atoms with Crippen LogP contribution >= 0.6 is 0 Å². The van der Waals surface area contributed by atoms with Gasteiger partial charge in [0, 0.05) is 20.6 Å². The van der Waals surface area contributed by atoms with E-state index in [2.05, 4.69) is 10.4 Å². The molecule has 0 aliphatic carbocycles. The number of aromatic nitrogens is 1. The molecule has 1 heterocycles. The van der Waals surface area contributed by atoms with E-state index in [1.54, 1.807) is 19.0 Å². The van der Waals surface area contributed by atoms with Gasteiger partial charge in [-0.25, -0.2) is 10.8 Å². The van der Waals surface area contributed by atoms with Crippen molar-refractivity contribution in [3.63, 3.8) is 0 Å². The largest absolute Gasteiger partial charge is 0.347 e. The van der Waals surface area contributed by atoms with Gasteiger partial charge in [-0.1, -0.05) is 0 Å². The number of likely N-dealkylation sites (N-methyl/N-ethyl adjacent to an activating group) is 2. The molecule has 0 radical (unpaired) electrons. The fourth-order valence-corrected chi connectivity index (χ4v) is 1.50. The first-order chi connectivity index (χ1) is 9.38. The second-order valence-corrected chi connectivity index (χ2v) is 4.27. The number of carbonyl (C=O) groups excluding carboxylic acids is 1. The quantitative estimate of drug-likeness (QED) is 0.434. The molecule has 1 aromatic heterocycles. The highest BCUT2D eigenvalue weighted by Gasteiger charge is 2.17. The Morgan fingerprint density at radius 3 is 2.60 bits per heavy atom. The number of nitro groups is 1. The Morgan fingerprint density at radius 1 is 1.50 bits per heavy atom. The van der Waals surface area contributed by atoms with E-state index in [-0.39, 0.29) is 24.0 Å². The minimum absolute atomic E-state index is 0.0850. The van der Waals surface area contributed by atoms with Crippen LogP contribution in [0.1, 0.15) is 6.92 Å². The smallest absolute Gasteiger partial charge is 0.276 e. The number of pyridine rings is 1. The standard InChI is InChI=1S/C11H18N6O3/c1-4-16(7-11(18)15(2)3)10-6-8(17(19)20)5-9(13-10)14-12/h5-6H,4,7,12H2,1-3H3,(H,13,14). The van der Waals surface area contributed by atoms with Crippen LogP contribution < -0.4 is 16.2 Å². The van der Waals surface area contributed by atoms with Crippen LogP contribution in [0.2, 0.25) is 0 Å². The highest BCUT2D eigenvalue weighted by Crippen LogP contribution is 2.22. The summed E-state index contributed by atoms with van der Waals surface area (Å²) in [6, 6.07) is 2.54. The predicted molar refractivity (Wildman–Crippen MR) is 75.3 cm³/mol. The number of nitrogens with one attached hydrogen (secondary N) is 1. The minimum atomic E-state index is -0.534. The molecule has 1 aromatic rings. The Balaban J connectivity index is 3.10. The normalized spacial score (nSPS) is 10.0. The van der Waals surface area contributed by atoms with Gasteiger partial charge in [0.15, 0.2) is 0 Å². The molecule has 0 aliphatic rings. The van der Waals surface area contributed by atoms with E-state index in [1.165, 1.54) is 17.0 Å². The molecule has 110 valence electrons. The van der Waals surface area contributed by atoms with Gasteiger partial charge in [-0.15, -0.1) is 0 Å². The summed E-state index contributed by atoms with van der Waals surface area (Å²) in [5.74, 6) is 5.62. The third-order valence-electron chi connectivity index (χ3n) is 2.69. The second kappa shape index (κ2) is 6.66. The van der Waals surface area contributed by atoms with E-state index in [4.69, 9.17) is 5.84 Å². The van der Waals surface area contributed by atoms with E-state index >= 15 is 0 Å². The molecule has 1 amide bonds. The van der Waals surface area contributed by atoms with Crippen molar-refractivity contribution in [1.82, 2.24) is 9.88 Å². The maximum atomic E-state index is 11.7. The summed E-state index contributed by atoms with van der Waals surface area (Å²) in [4.78, 5) is 29.3. The highest BCUT2D eigenvalue weighted by atomic mass is 16.6. The number of nitrogen functional groups attached to an aromatic ring is 1. The average molecular weight is 282 g/mol. The van der Waals surface area contributed by atoms with Crippen LogP contribution in [0.3, 0.4) is 0 Å². The van der Waals surface area contributed by atoms with E-state index in [9.17, 15) is 14.9 Å². The second-order valence-electron chi connectivity index (χ2n) is 4.27. The van der Waals surface area contributed by atoms with Crippen LogP contribution in [0, 0.1) is 10.1 Å². The van der Waals surface area contributed by atoms with Crippen molar-refractivity contribution >= 4 is 23.2 Å². The molecule has 0 saturated carbocycles. The van der Waals surface area contributed by atoms with Gasteiger partial charge in [0.2, 0.25) is 5.91 Å². The first-order valence-electron chi connectivity index (χ1n) is 5.97. The number of hydrogen-bond donors (Lipinski definition) is 2. The van der Waals surface area contributed by atoms with Crippen molar-refractivity contribution in [2.24, 2.45) is 5.84 Å². The lowest BCUT2D eigenvalue weighted by Crippen LogP contribution is -2.37. The summed E-state index contributed by atoms with van der Waals surface area (Å²) in [6.07, 6.45) is 0. The van der Waals surface area contributed by atoms with Crippen LogP contribution in [-0.4, -0.2) is 47.9 Å². The number of nitrogens with two attached hydrogens (primary N) is 1. The predicted octanol–water partition coefficient (Wildman–Crippen LogP) is 0.190. The summed E-state index contributed by atoms with van der Waals surface area (Å²) in [6.45, 7) is 2.40. The zero-order valence-electron chi connectivity index (χ0n) is 11.7. The molecule has 0 unspecified atom stereocenters. The monoisotopic (exact) mass is 282 g/mol. The Kier molecular flexibility index (Phi) is 5.21. The van der Waals surface area contributed by atoms with Crippen molar-refractivity contribution in [2.45, 2.75) is 6.92 Å². The van der Waals surface area contributed by atoms with E-state index in [1.807, 2.05) is 6.92 Å². The molecule has 9 nitrogen and oxygen atoms in total. The Hall–Kier alpha value is -2.42. The molecule has 0 aliphatic heterocycles. The first kappa shape index (κ1) is 15.6. The summed E-state index contributed by atoms with van der Waals surface area (Å²) in [7, 11) is 3.29. The van der Waals surface area contributed by atoms with Gasteiger partial charge in [0.1, 0.15) is 11.6 Å². The van der Waals surface area contributed by atoms with E-state index in [0.29, 0.717) is 12.4 Å². The maximum Gasteiger partial charge on any atom is 0.276 e. The van der Waals surface area contributed by atoms with Crippen molar-refractivity contribution < 1.29 is 9.72 Å². The van der Waals surface area contributed by atoms with Crippen LogP contribution in [0.25, 0.3) is 0 Å². The topological polar surface area (TPSA) is 118 Å². The number of hydrogen-bond acceptors (Lipinski definition) is 7. The Labute approximate surface area is 116 Å². The molecule has 0 atom stereocenters. The van der Waals surface area contributed by atoms with Crippen molar-refractivity contribution in [3.05, 3.63) is 22.2 Å². The SMILES string of the molecule is CCN(CC(=O)N(C)C)c1cc([N+](=O)[O-])cc(NN)n1. The first-order valence-corrected chi connectivity index (χ1v) is 5.97. The zero-order valence-corrected chi connectivity index (χ0v) is 11.7. The molecule has 0 bridgehead atoms. The lowest BCUT2D eigenvalue weighted by Gasteiger charge is -2.23. The van der Waals surface area contributed by atoms with Gasteiger partial charge in [-0.05, 0) is 6.92 Å². The van der Waals surface area contributed by atoms with Gasteiger partial charge in [0.05, 0.1) is 23.6 Å². The van der Waals surface area contributed by atoms with Crippen LogP contribution in [-0.2, 0) is 4.79 Å². The molecule has 0 fully saturated rings. The number of hydrazine groups is 1. The maximum absolute atomic E-state index is 11.7. The molecule has 9 heteroatoms. The van der Waals surface area contributed by atoms with Crippen LogP contribution in [0.5, 0.6) is 0 Å². The molecule has 0 spiro atoms. The third-order valence-corrected chi connectivity index (χ3v) is 2.69. The lowest BCUT2D eigenvalue weighted by atomic mass is 10.3. The fraction of sp³-hybridized carbons (Fsp3) is 0.455. The third kappa shape index (κ3) is 3.79. The number of carbonyl (C=O) groups is 1. The molecule has 3 N–H and O–H groups in total. The highest BCUT2D eigenvalue weighted by molar-refractivity contribution is 5.80. The van der Waals surface area contributed by atoms with Gasteiger partial charge in [-0.3, -0.25) is 14.9 Å². The summed E-state index contributed by atoms with van der Waals surface area (Å²) >= 11 is 0.